The fraction of sp³-hybridized carbons (Fsp3) is 0.391. The second-order valence-electron chi connectivity index (χ2n) is 6.97. The molecule has 1 aliphatic rings. The van der Waals surface area contributed by atoms with Gasteiger partial charge in [-0.05, 0) is 47.6 Å². The number of rotatable bonds is 8. The molecule has 0 bridgehead atoms. The summed E-state index contributed by atoms with van der Waals surface area (Å²) in [5, 5.41) is 2.94. The Hall–Kier alpha value is -1.72. The van der Waals surface area contributed by atoms with Gasteiger partial charge in [-0.2, -0.15) is 0 Å². The minimum atomic E-state index is -0.114. The Bertz CT molecular complexity index is 799. The molecule has 0 atom stereocenters. The SMILES string of the molecule is CCCc1ccc(C(=O)CCC(=O)Nc2cccc(C3SCCCS3)c2)cc1. The highest BCUT2D eigenvalue weighted by molar-refractivity contribution is 8.16. The van der Waals surface area contributed by atoms with Crippen LogP contribution in [0.1, 0.15) is 58.7 Å². The summed E-state index contributed by atoms with van der Waals surface area (Å²) in [5.74, 6) is 2.28. The van der Waals surface area contributed by atoms with Gasteiger partial charge in [0, 0.05) is 24.1 Å². The third kappa shape index (κ3) is 6.14. The van der Waals surface area contributed by atoms with Gasteiger partial charge in [0.25, 0.3) is 0 Å². The monoisotopic (exact) mass is 413 g/mol. The lowest BCUT2D eigenvalue weighted by Crippen LogP contribution is -2.14. The minimum Gasteiger partial charge on any atom is -0.326 e. The van der Waals surface area contributed by atoms with Crippen molar-refractivity contribution in [1.82, 2.24) is 0 Å². The van der Waals surface area contributed by atoms with Crippen LogP contribution in [0.25, 0.3) is 0 Å². The van der Waals surface area contributed by atoms with Crippen molar-refractivity contribution < 1.29 is 9.59 Å². The average Bonchev–Trinajstić information content (AvgIpc) is 2.74. The van der Waals surface area contributed by atoms with Crippen LogP contribution in [0.5, 0.6) is 0 Å². The van der Waals surface area contributed by atoms with Crippen molar-refractivity contribution in [2.75, 3.05) is 16.8 Å². The van der Waals surface area contributed by atoms with E-state index < -0.39 is 0 Å². The van der Waals surface area contributed by atoms with Crippen LogP contribution >= 0.6 is 23.5 Å². The number of carbonyl (C=O) groups is 2. The molecule has 0 saturated carbocycles. The number of hydrogen-bond acceptors (Lipinski definition) is 4. The first-order valence-electron chi connectivity index (χ1n) is 9.91. The Morgan fingerprint density at radius 2 is 1.79 bits per heavy atom. The number of ketones is 1. The number of hydrogen-bond donors (Lipinski definition) is 1. The summed E-state index contributed by atoms with van der Waals surface area (Å²) < 4.78 is 0.447. The molecule has 3 rings (SSSR count). The third-order valence-electron chi connectivity index (χ3n) is 4.66. The van der Waals surface area contributed by atoms with Crippen molar-refractivity contribution in [2.45, 2.75) is 43.6 Å². The minimum absolute atomic E-state index is 0.0157. The summed E-state index contributed by atoms with van der Waals surface area (Å²) in [6.45, 7) is 2.14. The molecular weight excluding hydrogens is 386 g/mol. The molecule has 5 heteroatoms. The molecule has 28 heavy (non-hydrogen) atoms. The van der Waals surface area contributed by atoms with Crippen LogP contribution in [-0.2, 0) is 11.2 Å². The number of thioether (sulfide) groups is 2. The van der Waals surface area contributed by atoms with Gasteiger partial charge in [-0.1, -0.05) is 49.7 Å². The summed E-state index contributed by atoms with van der Waals surface area (Å²) in [7, 11) is 0. The summed E-state index contributed by atoms with van der Waals surface area (Å²) >= 11 is 3.93. The molecule has 0 aromatic heterocycles. The number of nitrogens with one attached hydrogen (secondary N) is 1. The molecule has 0 spiro atoms. The quantitative estimate of drug-likeness (QED) is 0.530. The van der Waals surface area contributed by atoms with Crippen LogP contribution < -0.4 is 5.32 Å². The molecule has 0 radical (unpaired) electrons. The zero-order valence-electron chi connectivity index (χ0n) is 16.3. The predicted molar refractivity (Wildman–Crippen MR) is 121 cm³/mol. The number of carbonyl (C=O) groups excluding carboxylic acids is 2. The van der Waals surface area contributed by atoms with Gasteiger partial charge in [-0.25, -0.2) is 0 Å². The summed E-state index contributed by atoms with van der Waals surface area (Å²) in [6.07, 6.45) is 3.80. The highest BCUT2D eigenvalue weighted by Crippen LogP contribution is 2.44. The summed E-state index contributed by atoms with van der Waals surface area (Å²) in [5.41, 5.74) is 3.98. The number of anilines is 1. The fourth-order valence-corrected chi connectivity index (χ4v) is 6.06. The van der Waals surface area contributed by atoms with Gasteiger partial charge in [0.15, 0.2) is 5.78 Å². The van der Waals surface area contributed by atoms with Crippen molar-refractivity contribution >= 4 is 40.9 Å². The molecule has 2 aromatic carbocycles. The molecule has 1 N–H and O–H groups in total. The van der Waals surface area contributed by atoms with Crippen molar-refractivity contribution in [3.63, 3.8) is 0 Å². The van der Waals surface area contributed by atoms with Crippen LogP contribution in [0.15, 0.2) is 48.5 Å². The van der Waals surface area contributed by atoms with Gasteiger partial charge in [-0.3, -0.25) is 9.59 Å². The predicted octanol–water partition coefficient (Wildman–Crippen LogP) is 6.11. The number of aryl methyl sites for hydroxylation is 1. The molecule has 2 aromatic rings. The van der Waals surface area contributed by atoms with Gasteiger partial charge in [-0.15, -0.1) is 23.5 Å². The lowest BCUT2D eigenvalue weighted by Gasteiger charge is -2.21. The van der Waals surface area contributed by atoms with E-state index in [0.717, 1.165) is 18.5 Å². The smallest absolute Gasteiger partial charge is 0.224 e. The topological polar surface area (TPSA) is 46.2 Å². The lowest BCUT2D eigenvalue weighted by atomic mass is 10.0. The average molecular weight is 414 g/mol. The number of amides is 1. The maximum atomic E-state index is 12.3. The van der Waals surface area contributed by atoms with E-state index in [2.05, 4.69) is 24.4 Å². The van der Waals surface area contributed by atoms with E-state index >= 15 is 0 Å². The van der Waals surface area contributed by atoms with Gasteiger partial charge in [0.2, 0.25) is 5.91 Å². The molecule has 3 nitrogen and oxygen atoms in total. The van der Waals surface area contributed by atoms with Crippen molar-refractivity contribution in [3.05, 3.63) is 65.2 Å². The molecule has 148 valence electrons. The highest BCUT2D eigenvalue weighted by atomic mass is 32.2. The second kappa shape index (κ2) is 10.7. The molecule has 1 fully saturated rings. The Balaban J connectivity index is 1.50. The van der Waals surface area contributed by atoms with Crippen LogP contribution in [0.3, 0.4) is 0 Å². The Kier molecular flexibility index (Phi) is 8.04. The Labute approximate surface area is 176 Å². The largest absolute Gasteiger partial charge is 0.326 e. The van der Waals surface area contributed by atoms with E-state index in [0.29, 0.717) is 10.1 Å². The lowest BCUT2D eigenvalue weighted by molar-refractivity contribution is -0.116. The molecule has 1 saturated heterocycles. The maximum Gasteiger partial charge on any atom is 0.224 e. The van der Waals surface area contributed by atoms with Gasteiger partial charge in [0.1, 0.15) is 0 Å². The molecule has 1 heterocycles. The molecule has 1 aliphatic heterocycles. The van der Waals surface area contributed by atoms with Gasteiger partial charge < -0.3 is 5.32 Å². The fourth-order valence-electron chi connectivity index (χ4n) is 3.18. The van der Waals surface area contributed by atoms with E-state index in [-0.39, 0.29) is 24.5 Å². The zero-order chi connectivity index (χ0) is 19.8. The van der Waals surface area contributed by atoms with E-state index in [1.165, 1.54) is 29.1 Å². The normalized spacial score (nSPS) is 14.6. The highest BCUT2D eigenvalue weighted by Gasteiger charge is 2.17. The van der Waals surface area contributed by atoms with E-state index in [9.17, 15) is 9.59 Å². The number of Topliss-reactive ketones (excluding diaryl/α,β-unsaturated/α-hetero) is 1. The molecule has 1 amide bonds. The first kappa shape index (κ1) is 21.0. The van der Waals surface area contributed by atoms with Crippen LogP contribution in [0, 0.1) is 0 Å². The van der Waals surface area contributed by atoms with Crippen molar-refractivity contribution in [3.8, 4) is 0 Å². The van der Waals surface area contributed by atoms with Gasteiger partial charge in [0.05, 0.1) is 4.58 Å². The molecular formula is C23H27NO2S2. The maximum absolute atomic E-state index is 12.3. The van der Waals surface area contributed by atoms with Crippen molar-refractivity contribution in [2.24, 2.45) is 0 Å². The molecule has 0 aliphatic carbocycles. The van der Waals surface area contributed by atoms with E-state index in [1.54, 1.807) is 0 Å². The van der Waals surface area contributed by atoms with Crippen LogP contribution in [-0.4, -0.2) is 23.2 Å². The Morgan fingerprint density at radius 3 is 2.50 bits per heavy atom. The third-order valence-corrected chi connectivity index (χ3v) is 7.68. The Morgan fingerprint density at radius 1 is 1.04 bits per heavy atom. The second-order valence-corrected chi connectivity index (χ2v) is 9.70. The first-order chi connectivity index (χ1) is 13.7. The summed E-state index contributed by atoms with van der Waals surface area (Å²) in [6, 6.07) is 15.8. The standard InChI is InChI=1S/C23H27NO2S2/c1-2-5-17-8-10-18(11-9-17)21(25)12-13-22(26)24-20-7-3-6-19(16-20)23-27-14-4-15-28-23/h3,6-11,16,23H,2,4-5,12-15H2,1H3,(H,24,26). The number of benzene rings is 2. The van der Waals surface area contributed by atoms with E-state index in [1.807, 2.05) is 59.9 Å². The summed E-state index contributed by atoms with van der Waals surface area (Å²) in [4.78, 5) is 24.6. The van der Waals surface area contributed by atoms with Crippen molar-refractivity contribution in [1.29, 1.82) is 0 Å². The zero-order valence-corrected chi connectivity index (χ0v) is 17.9. The first-order valence-corrected chi connectivity index (χ1v) is 12.0. The molecule has 0 unspecified atom stereocenters. The van der Waals surface area contributed by atoms with E-state index in [4.69, 9.17) is 0 Å². The van der Waals surface area contributed by atoms with Gasteiger partial charge >= 0.3 is 0 Å². The van der Waals surface area contributed by atoms with Crippen LogP contribution in [0.2, 0.25) is 0 Å². The van der Waals surface area contributed by atoms with Crippen LogP contribution in [0.4, 0.5) is 5.69 Å².